The molecule has 0 aliphatic heterocycles. The summed E-state index contributed by atoms with van der Waals surface area (Å²) in [6, 6.07) is 6.28. The van der Waals surface area contributed by atoms with Crippen molar-refractivity contribution in [3.05, 3.63) is 24.4 Å². The van der Waals surface area contributed by atoms with Crippen LogP contribution in [0.25, 0.3) is 10.9 Å². The number of anilines is 1. The second-order valence-corrected chi connectivity index (χ2v) is 6.91. The van der Waals surface area contributed by atoms with Crippen molar-refractivity contribution in [2.24, 2.45) is 0 Å². The van der Waals surface area contributed by atoms with Crippen LogP contribution in [-0.2, 0) is 0 Å². The molecule has 0 spiro atoms. The van der Waals surface area contributed by atoms with E-state index in [1.165, 1.54) is 0 Å². The summed E-state index contributed by atoms with van der Waals surface area (Å²) in [5, 5.41) is 14.0. The monoisotopic (exact) mass is 358 g/mol. The first-order valence-corrected chi connectivity index (χ1v) is 9.75. The molecule has 1 aliphatic carbocycles. The van der Waals surface area contributed by atoms with Gasteiger partial charge in [0.1, 0.15) is 17.9 Å². The first kappa shape index (κ1) is 18.9. The van der Waals surface area contributed by atoms with Gasteiger partial charge in [0, 0.05) is 24.2 Å². The first-order valence-electron chi connectivity index (χ1n) is 9.75. The van der Waals surface area contributed by atoms with E-state index in [0.29, 0.717) is 18.6 Å². The van der Waals surface area contributed by atoms with Gasteiger partial charge in [0.15, 0.2) is 0 Å². The quantitative estimate of drug-likeness (QED) is 0.756. The summed E-state index contributed by atoms with van der Waals surface area (Å²) in [5.41, 5.74) is 0.848. The van der Waals surface area contributed by atoms with E-state index in [1.54, 1.807) is 0 Å². The fraction of sp³-hybridized carbons (Fsp3) is 0.600. The van der Waals surface area contributed by atoms with Gasteiger partial charge in [-0.3, -0.25) is 0 Å². The maximum atomic E-state index is 9.65. The van der Waals surface area contributed by atoms with Crippen LogP contribution < -0.4 is 10.1 Å². The number of para-hydroxylation sites is 1. The van der Waals surface area contributed by atoms with Crippen molar-refractivity contribution in [1.29, 1.82) is 0 Å². The zero-order valence-corrected chi connectivity index (χ0v) is 15.8. The molecule has 0 bridgehead atoms. The van der Waals surface area contributed by atoms with E-state index in [9.17, 15) is 5.11 Å². The second-order valence-electron chi connectivity index (χ2n) is 6.91. The van der Waals surface area contributed by atoms with E-state index in [-0.39, 0.29) is 6.10 Å². The Kier molecular flexibility index (Phi) is 6.63. The summed E-state index contributed by atoms with van der Waals surface area (Å²) < 4.78 is 6.02. The minimum Gasteiger partial charge on any atom is -0.490 e. The van der Waals surface area contributed by atoms with E-state index >= 15 is 0 Å². The highest BCUT2D eigenvalue weighted by atomic mass is 16.5. The fourth-order valence-electron chi connectivity index (χ4n) is 3.44. The molecule has 6 heteroatoms. The van der Waals surface area contributed by atoms with Crippen LogP contribution in [-0.4, -0.2) is 58.4 Å². The Hall–Kier alpha value is -1.92. The molecule has 1 heterocycles. The molecule has 2 aromatic rings. The van der Waals surface area contributed by atoms with Gasteiger partial charge in [0.05, 0.1) is 6.10 Å². The Morgan fingerprint density at radius 3 is 2.69 bits per heavy atom. The molecule has 6 nitrogen and oxygen atoms in total. The van der Waals surface area contributed by atoms with Crippen molar-refractivity contribution in [1.82, 2.24) is 14.9 Å². The Labute approximate surface area is 155 Å². The highest BCUT2D eigenvalue weighted by molar-refractivity contribution is 5.84. The second kappa shape index (κ2) is 9.14. The molecule has 2 N–H and O–H groups in total. The van der Waals surface area contributed by atoms with Gasteiger partial charge in [-0.2, -0.15) is 0 Å². The van der Waals surface area contributed by atoms with Crippen LogP contribution in [0.1, 0.15) is 39.5 Å². The van der Waals surface area contributed by atoms with E-state index in [0.717, 1.165) is 62.0 Å². The lowest BCUT2D eigenvalue weighted by atomic mass is 9.93. The lowest BCUT2D eigenvalue weighted by Crippen LogP contribution is -2.29. The Morgan fingerprint density at radius 2 is 1.96 bits per heavy atom. The van der Waals surface area contributed by atoms with Gasteiger partial charge in [-0.1, -0.05) is 26.0 Å². The number of hydrogen-bond donors (Lipinski definition) is 2. The molecule has 1 saturated carbocycles. The zero-order valence-electron chi connectivity index (χ0n) is 15.8. The first-order chi connectivity index (χ1) is 12.7. The Bertz CT molecular complexity index is 697. The van der Waals surface area contributed by atoms with Crippen molar-refractivity contribution in [2.45, 2.75) is 51.7 Å². The minimum absolute atomic E-state index is 0.156. The molecule has 1 aromatic heterocycles. The van der Waals surface area contributed by atoms with Crippen LogP contribution >= 0.6 is 0 Å². The molecule has 0 atom stereocenters. The van der Waals surface area contributed by atoms with Crippen molar-refractivity contribution < 1.29 is 9.84 Å². The highest BCUT2D eigenvalue weighted by Crippen LogP contribution is 2.26. The van der Waals surface area contributed by atoms with Crippen molar-refractivity contribution in [3.63, 3.8) is 0 Å². The van der Waals surface area contributed by atoms with E-state index < -0.39 is 0 Å². The lowest BCUT2D eigenvalue weighted by molar-refractivity contribution is 0.126. The highest BCUT2D eigenvalue weighted by Gasteiger charge is 2.20. The van der Waals surface area contributed by atoms with Gasteiger partial charge < -0.3 is 20.1 Å². The van der Waals surface area contributed by atoms with Crippen molar-refractivity contribution in [3.8, 4) is 5.75 Å². The van der Waals surface area contributed by atoms with Gasteiger partial charge >= 0.3 is 0 Å². The number of aliphatic hydroxyl groups excluding tert-OH is 1. The smallest absolute Gasteiger partial charge is 0.223 e. The zero-order chi connectivity index (χ0) is 18.4. The number of likely N-dealkylation sites (N-methyl/N-ethyl adjacent to an activating group) is 1. The maximum Gasteiger partial charge on any atom is 0.223 e. The molecular formula is C20H30N4O2. The number of ether oxygens (including phenoxy) is 1. The topological polar surface area (TPSA) is 70.5 Å². The van der Waals surface area contributed by atoms with E-state index in [4.69, 9.17) is 9.72 Å². The van der Waals surface area contributed by atoms with Crippen LogP contribution in [0.2, 0.25) is 0 Å². The van der Waals surface area contributed by atoms with Gasteiger partial charge in [-0.15, -0.1) is 0 Å². The number of rotatable bonds is 8. The van der Waals surface area contributed by atoms with Gasteiger partial charge in [-0.05, 0) is 44.8 Å². The summed E-state index contributed by atoms with van der Waals surface area (Å²) in [6.07, 6.45) is 5.27. The van der Waals surface area contributed by atoms with Gasteiger partial charge in [0.25, 0.3) is 0 Å². The van der Waals surface area contributed by atoms with Crippen molar-refractivity contribution >= 4 is 16.9 Å². The molecule has 1 aliphatic rings. The van der Waals surface area contributed by atoms with Gasteiger partial charge in [-0.25, -0.2) is 9.97 Å². The molecule has 0 saturated heterocycles. The number of nitrogens with one attached hydrogen (secondary N) is 1. The Morgan fingerprint density at radius 1 is 1.19 bits per heavy atom. The average molecular weight is 358 g/mol. The molecule has 0 amide bonds. The summed E-state index contributed by atoms with van der Waals surface area (Å²) in [6.45, 7) is 7.94. The molecule has 0 unspecified atom stereocenters. The fourth-order valence-corrected chi connectivity index (χ4v) is 3.44. The van der Waals surface area contributed by atoms with Crippen LogP contribution in [0.15, 0.2) is 24.4 Å². The SMILES string of the molecule is CCN(CC)CCOc1cccc2cnc(N[C@H]3CC[C@H](O)CC3)nc12. The predicted molar refractivity (Wildman–Crippen MR) is 105 cm³/mol. The lowest BCUT2D eigenvalue weighted by Gasteiger charge is -2.26. The number of nitrogens with zero attached hydrogens (tertiary/aromatic N) is 3. The summed E-state index contributed by atoms with van der Waals surface area (Å²) in [4.78, 5) is 11.5. The molecule has 26 heavy (non-hydrogen) atoms. The van der Waals surface area contributed by atoms with E-state index in [1.807, 2.05) is 24.4 Å². The van der Waals surface area contributed by atoms with Crippen molar-refractivity contribution in [2.75, 3.05) is 31.6 Å². The third-order valence-corrected chi connectivity index (χ3v) is 5.16. The third-order valence-electron chi connectivity index (χ3n) is 5.16. The molecule has 3 rings (SSSR count). The van der Waals surface area contributed by atoms with Crippen LogP contribution in [0.5, 0.6) is 5.75 Å². The number of benzene rings is 1. The summed E-state index contributed by atoms with van der Waals surface area (Å²) in [7, 11) is 0. The largest absolute Gasteiger partial charge is 0.490 e. The number of hydrogen-bond acceptors (Lipinski definition) is 6. The summed E-state index contributed by atoms with van der Waals surface area (Å²) >= 11 is 0. The molecular weight excluding hydrogens is 328 g/mol. The minimum atomic E-state index is -0.156. The molecule has 142 valence electrons. The van der Waals surface area contributed by atoms with Gasteiger partial charge in [0.2, 0.25) is 5.95 Å². The Balaban J connectivity index is 1.69. The number of aliphatic hydroxyl groups is 1. The predicted octanol–water partition coefficient (Wildman–Crippen LogP) is 3.07. The van der Waals surface area contributed by atoms with Crippen LogP contribution in [0, 0.1) is 0 Å². The maximum absolute atomic E-state index is 9.65. The summed E-state index contributed by atoms with van der Waals surface area (Å²) in [5.74, 6) is 1.44. The van der Waals surface area contributed by atoms with E-state index in [2.05, 4.69) is 29.0 Å². The number of aromatic nitrogens is 2. The average Bonchev–Trinajstić information content (AvgIpc) is 2.67. The van der Waals surface area contributed by atoms with Crippen LogP contribution in [0.4, 0.5) is 5.95 Å². The molecule has 0 radical (unpaired) electrons. The normalized spacial score (nSPS) is 20.5. The molecule has 1 aromatic carbocycles. The third kappa shape index (κ3) is 4.83. The standard InChI is InChI=1S/C20H30N4O2/c1-3-24(4-2)12-13-26-18-7-5-6-15-14-21-20(23-19(15)18)22-16-8-10-17(25)11-9-16/h5-7,14,16-17,25H,3-4,8-13H2,1-2H3,(H,21,22,23)/t16-,17-. The van der Waals surface area contributed by atoms with Crippen LogP contribution in [0.3, 0.4) is 0 Å². The number of fused-ring (bicyclic) bond motifs is 1. The molecule has 1 fully saturated rings.